The Bertz CT molecular complexity index is 1510. The first-order chi connectivity index (χ1) is 15.8. The van der Waals surface area contributed by atoms with Gasteiger partial charge in [-0.25, -0.2) is 4.98 Å². The van der Waals surface area contributed by atoms with Crippen LogP contribution in [-0.4, -0.2) is 19.5 Å². The second-order valence-corrected chi connectivity index (χ2v) is 7.95. The second kappa shape index (κ2) is 7.43. The fourth-order valence-corrected chi connectivity index (χ4v) is 4.33. The van der Waals surface area contributed by atoms with Crippen LogP contribution in [-0.2, 0) is 0 Å². The molecule has 4 aromatic heterocycles. The zero-order chi connectivity index (χ0) is 21.5. The van der Waals surface area contributed by atoms with E-state index in [0.29, 0.717) is 0 Å². The Kier molecular flexibility index (Phi) is 4.29. The Labute approximate surface area is 185 Å². The molecule has 0 N–H and O–H groups in total. The molecule has 0 amide bonds. The lowest BCUT2D eigenvalue weighted by Crippen LogP contribution is -1.98. The van der Waals surface area contributed by atoms with Crippen LogP contribution in [0.15, 0.2) is 104 Å². The van der Waals surface area contributed by atoms with Crippen LogP contribution in [0.4, 0.5) is 0 Å². The van der Waals surface area contributed by atoms with Gasteiger partial charge >= 0.3 is 0 Å². The fourth-order valence-electron chi connectivity index (χ4n) is 4.33. The highest BCUT2D eigenvalue weighted by atomic mass is 15.0. The predicted octanol–water partition coefficient (Wildman–Crippen LogP) is 6.61. The summed E-state index contributed by atoms with van der Waals surface area (Å²) in [5.41, 5.74) is 8.40. The summed E-state index contributed by atoms with van der Waals surface area (Å²) in [5.74, 6) is 0. The van der Waals surface area contributed by atoms with Gasteiger partial charge in [-0.2, -0.15) is 0 Å². The topological polar surface area (TPSA) is 43.6 Å². The average Bonchev–Trinajstić information content (AvgIpc) is 3.18. The van der Waals surface area contributed by atoms with Crippen LogP contribution in [0, 0.1) is 6.92 Å². The molecule has 2 aromatic carbocycles. The number of aryl methyl sites for hydroxylation is 1. The maximum atomic E-state index is 4.96. The number of hydrogen-bond acceptors (Lipinski definition) is 3. The average molecular weight is 412 g/mol. The van der Waals surface area contributed by atoms with Gasteiger partial charge in [0.05, 0.1) is 28.1 Å². The number of para-hydroxylation sites is 1. The van der Waals surface area contributed by atoms with Crippen molar-refractivity contribution in [3.8, 4) is 28.2 Å². The van der Waals surface area contributed by atoms with E-state index in [-0.39, 0.29) is 0 Å². The molecule has 6 aromatic rings. The lowest BCUT2D eigenvalue weighted by Gasteiger charge is -2.13. The molecule has 0 bridgehead atoms. The van der Waals surface area contributed by atoms with Gasteiger partial charge in [0.1, 0.15) is 0 Å². The Morgan fingerprint density at radius 2 is 1.28 bits per heavy atom. The minimum Gasteiger partial charge on any atom is -0.309 e. The molecule has 6 rings (SSSR count). The number of fused-ring (bicyclic) bond motifs is 3. The van der Waals surface area contributed by atoms with Gasteiger partial charge in [0, 0.05) is 46.7 Å². The quantitative estimate of drug-likeness (QED) is 0.328. The molecule has 0 aliphatic heterocycles. The molecule has 0 unspecified atom stereocenters. The second-order valence-electron chi connectivity index (χ2n) is 7.95. The van der Waals surface area contributed by atoms with E-state index in [1.807, 2.05) is 36.7 Å². The van der Waals surface area contributed by atoms with Crippen molar-refractivity contribution in [1.82, 2.24) is 19.5 Å². The molecular weight excluding hydrogens is 392 g/mol. The van der Waals surface area contributed by atoms with Gasteiger partial charge in [-0.15, -0.1) is 0 Å². The summed E-state index contributed by atoms with van der Waals surface area (Å²) in [6, 6.07) is 27.5. The van der Waals surface area contributed by atoms with Gasteiger partial charge in [0.25, 0.3) is 0 Å². The monoisotopic (exact) mass is 412 g/mol. The summed E-state index contributed by atoms with van der Waals surface area (Å²) in [7, 11) is 0. The first kappa shape index (κ1) is 18.5. The molecule has 0 aliphatic rings. The van der Waals surface area contributed by atoms with Crippen molar-refractivity contribution >= 4 is 21.8 Å². The van der Waals surface area contributed by atoms with Gasteiger partial charge in [0.2, 0.25) is 0 Å². The van der Waals surface area contributed by atoms with Gasteiger partial charge < -0.3 is 4.57 Å². The van der Waals surface area contributed by atoms with Crippen molar-refractivity contribution < 1.29 is 0 Å². The number of hydrogen-bond donors (Lipinski definition) is 0. The molecule has 0 aliphatic carbocycles. The minimum absolute atomic E-state index is 0.882. The first-order valence-electron chi connectivity index (χ1n) is 10.6. The third kappa shape index (κ3) is 3.05. The minimum atomic E-state index is 0.882. The van der Waals surface area contributed by atoms with Crippen LogP contribution in [0.25, 0.3) is 50.0 Å². The van der Waals surface area contributed by atoms with Crippen LogP contribution < -0.4 is 0 Å². The van der Waals surface area contributed by atoms with Crippen LogP contribution in [0.3, 0.4) is 0 Å². The zero-order valence-corrected chi connectivity index (χ0v) is 17.6. The van der Waals surface area contributed by atoms with E-state index < -0.39 is 0 Å². The number of aromatic nitrogens is 4. The van der Waals surface area contributed by atoms with Crippen molar-refractivity contribution in [1.29, 1.82) is 0 Å². The smallest absolute Gasteiger partial charge is 0.0745 e. The molecule has 4 nitrogen and oxygen atoms in total. The van der Waals surface area contributed by atoms with Crippen LogP contribution in [0.2, 0.25) is 0 Å². The summed E-state index contributed by atoms with van der Waals surface area (Å²) < 4.78 is 2.32. The number of benzene rings is 2. The van der Waals surface area contributed by atoms with E-state index in [9.17, 15) is 0 Å². The normalized spacial score (nSPS) is 11.3. The lowest BCUT2D eigenvalue weighted by atomic mass is 10.1. The van der Waals surface area contributed by atoms with Crippen LogP contribution in [0.1, 0.15) is 5.56 Å². The molecule has 0 spiro atoms. The van der Waals surface area contributed by atoms with Gasteiger partial charge in [-0.3, -0.25) is 9.97 Å². The fraction of sp³-hybridized carbons (Fsp3) is 0.0357. The summed E-state index contributed by atoms with van der Waals surface area (Å²) in [6.07, 6.45) is 7.28. The van der Waals surface area contributed by atoms with E-state index in [4.69, 9.17) is 4.98 Å². The number of pyridine rings is 3. The van der Waals surface area contributed by atoms with Gasteiger partial charge in [0.15, 0.2) is 0 Å². The molecule has 32 heavy (non-hydrogen) atoms. The highest BCUT2D eigenvalue weighted by Gasteiger charge is 2.15. The number of nitrogens with zero attached hydrogens (tertiary/aromatic N) is 4. The van der Waals surface area contributed by atoms with Gasteiger partial charge in [-0.1, -0.05) is 29.8 Å². The lowest BCUT2D eigenvalue weighted by molar-refractivity contribution is 1.15. The summed E-state index contributed by atoms with van der Waals surface area (Å²) in [5, 5.41) is 2.50. The summed E-state index contributed by atoms with van der Waals surface area (Å²) in [6.45, 7) is 2.14. The zero-order valence-electron chi connectivity index (χ0n) is 17.6. The van der Waals surface area contributed by atoms with Crippen molar-refractivity contribution in [3.05, 3.63) is 109 Å². The molecule has 4 heterocycles. The molecule has 0 fully saturated rings. The molecular formula is C28H20N4. The Balaban J connectivity index is 1.70. The first-order valence-corrected chi connectivity index (χ1v) is 10.6. The Morgan fingerprint density at radius 3 is 1.94 bits per heavy atom. The van der Waals surface area contributed by atoms with Crippen molar-refractivity contribution in [2.45, 2.75) is 6.92 Å². The van der Waals surface area contributed by atoms with E-state index in [1.54, 1.807) is 12.4 Å². The molecule has 4 heteroatoms. The predicted molar refractivity (Wildman–Crippen MR) is 130 cm³/mol. The number of rotatable bonds is 3. The molecule has 0 saturated carbocycles. The maximum Gasteiger partial charge on any atom is 0.0745 e. The van der Waals surface area contributed by atoms with E-state index in [1.165, 1.54) is 27.4 Å². The maximum absolute atomic E-state index is 4.96. The van der Waals surface area contributed by atoms with E-state index in [0.717, 1.165) is 28.2 Å². The summed E-state index contributed by atoms with van der Waals surface area (Å²) in [4.78, 5) is 13.6. The highest BCUT2D eigenvalue weighted by Crippen LogP contribution is 2.34. The standard InChI is InChI=1S/C28H20N4/c1-19-10-11-28-24(14-19)23-8-2-3-9-27(23)32(28)22-15-25(20-6-4-12-29-17-20)31-26(16-22)21-7-5-13-30-18-21/h2-18H,1H3. The Morgan fingerprint density at radius 1 is 0.625 bits per heavy atom. The van der Waals surface area contributed by atoms with Crippen molar-refractivity contribution in [3.63, 3.8) is 0 Å². The van der Waals surface area contributed by atoms with Gasteiger partial charge in [-0.05, 0) is 61.5 Å². The molecule has 0 atom stereocenters. The third-order valence-electron chi connectivity index (χ3n) is 5.81. The SMILES string of the molecule is Cc1ccc2c(c1)c1ccccc1n2-c1cc(-c2cccnc2)nc(-c2cccnc2)c1. The van der Waals surface area contributed by atoms with Crippen molar-refractivity contribution in [2.75, 3.05) is 0 Å². The molecule has 0 radical (unpaired) electrons. The highest BCUT2D eigenvalue weighted by molar-refractivity contribution is 6.09. The largest absolute Gasteiger partial charge is 0.309 e. The van der Waals surface area contributed by atoms with E-state index >= 15 is 0 Å². The van der Waals surface area contributed by atoms with Crippen molar-refractivity contribution in [2.24, 2.45) is 0 Å². The Hall–Kier alpha value is -4.31. The van der Waals surface area contributed by atoms with Crippen LogP contribution >= 0.6 is 0 Å². The van der Waals surface area contributed by atoms with Crippen LogP contribution in [0.5, 0.6) is 0 Å². The van der Waals surface area contributed by atoms with E-state index in [2.05, 4.69) is 76.1 Å². The summed E-state index contributed by atoms with van der Waals surface area (Å²) >= 11 is 0. The third-order valence-corrected chi connectivity index (χ3v) is 5.81. The molecule has 152 valence electrons. The molecule has 0 saturated heterocycles.